The van der Waals surface area contributed by atoms with E-state index in [-0.39, 0.29) is 28.5 Å². The van der Waals surface area contributed by atoms with Gasteiger partial charge in [-0.2, -0.15) is 13.2 Å². The van der Waals surface area contributed by atoms with Crippen molar-refractivity contribution >= 4 is 23.3 Å². The number of amides is 1. The number of aromatic nitrogens is 2. The highest BCUT2D eigenvalue weighted by molar-refractivity contribution is 6.31. The van der Waals surface area contributed by atoms with Gasteiger partial charge >= 0.3 is 6.18 Å². The fourth-order valence-electron chi connectivity index (χ4n) is 2.86. The molecule has 1 N–H and O–H groups in total. The molecule has 1 fully saturated rings. The van der Waals surface area contributed by atoms with Gasteiger partial charge in [-0.1, -0.05) is 18.5 Å². The number of halogens is 4. The standard InChI is InChI=1S/C21H21ClF3N3O3/c1-12(14-8-16(22)19(27-10-14)31-11-21(23,24)25)28-18(30)13-3-6-26-15(7-13)9-17(29)20(2)4-5-20/h3,6-8,10,12H,4-5,9,11H2,1-2H3,(H,28,30). The Balaban J connectivity index is 1.63. The van der Waals surface area contributed by atoms with Crippen LogP contribution in [0.25, 0.3) is 0 Å². The van der Waals surface area contributed by atoms with E-state index in [9.17, 15) is 22.8 Å². The van der Waals surface area contributed by atoms with Crippen molar-refractivity contribution in [3.8, 4) is 5.88 Å². The summed E-state index contributed by atoms with van der Waals surface area (Å²) in [5, 5.41) is 2.67. The van der Waals surface area contributed by atoms with E-state index >= 15 is 0 Å². The summed E-state index contributed by atoms with van der Waals surface area (Å²) < 4.78 is 41.4. The Kier molecular flexibility index (Phi) is 6.54. The minimum absolute atomic E-state index is 0.0962. The fourth-order valence-corrected chi connectivity index (χ4v) is 3.09. The highest BCUT2D eigenvalue weighted by atomic mass is 35.5. The Hall–Kier alpha value is -2.68. The molecule has 2 heterocycles. The van der Waals surface area contributed by atoms with Crippen molar-refractivity contribution in [2.75, 3.05) is 6.61 Å². The third-order valence-corrected chi connectivity index (χ3v) is 5.41. The number of carbonyl (C=O) groups excluding carboxylic acids is 2. The molecule has 1 atom stereocenters. The van der Waals surface area contributed by atoms with Gasteiger partial charge in [0.2, 0.25) is 5.88 Å². The normalized spacial score (nSPS) is 15.8. The summed E-state index contributed by atoms with van der Waals surface area (Å²) in [6.45, 7) is 2.10. The molecule has 1 aliphatic carbocycles. The number of ketones is 1. The third kappa shape index (κ3) is 6.16. The van der Waals surface area contributed by atoms with Gasteiger partial charge < -0.3 is 10.1 Å². The minimum atomic E-state index is -4.50. The van der Waals surface area contributed by atoms with E-state index in [2.05, 4.69) is 20.0 Å². The van der Waals surface area contributed by atoms with Crippen LogP contribution in [0.5, 0.6) is 5.88 Å². The van der Waals surface area contributed by atoms with Gasteiger partial charge in [-0.3, -0.25) is 14.6 Å². The molecule has 0 spiro atoms. The first-order valence-electron chi connectivity index (χ1n) is 9.61. The molecule has 31 heavy (non-hydrogen) atoms. The molecule has 1 aliphatic rings. The van der Waals surface area contributed by atoms with Crippen LogP contribution in [0.2, 0.25) is 5.02 Å². The summed E-state index contributed by atoms with van der Waals surface area (Å²) in [4.78, 5) is 32.9. The van der Waals surface area contributed by atoms with E-state index in [0.717, 1.165) is 12.8 Å². The second-order valence-electron chi connectivity index (χ2n) is 7.85. The molecular weight excluding hydrogens is 435 g/mol. The summed E-state index contributed by atoms with van der Waals surface area (Å²) in [7, 11) is 0. The maximum atomic E-state index is 12.6. The number of alkyl halides is 3. The molecular formula is C21H21ClF3N3O3. The maximum Gasteiger partial charge on any atom is 0.422 e. The van der Waals surface area contributed by atoms with Crippen molar-refractivity contribution in [2.24, 2.45) is 5.41 Å². The molecule has 1 saturated carbocycles. The summed E-state index contributed by atoms with van der Waals surface area (Å²) in [5.41, 5.74) is 1.09. The van der Waals surface area contributed by atoms with Gasteiger partial charge in [0.05, 0.1) is 6.04 Å². The van der Waals surface area contributed by atoms with Crippen LogP contribution in [0.1, 0.15) is 54.3 Å². The van der Waals surface area contributed by atoms with E-state index in [4.69, 9.17) is 11.6 Å². The number of ether oxygens (including phenoxy) is 1. The van der Waals surface area contributed by atoms with Gasteiger partial charge in [0.25, 0.3) is 5.91 Å². The van der Waals surface area contributed by atoms with Crippen LogP contribution in [0.3, 0.4) is 0 Å². The maximum absolute atomic E-state index is 12.6. The van der Waals surface area contributed by atoms with Crippen LogP contribution >= 0.6 is 11.6 Å². The summed E-state index contributed by atoms with van der Waals surface area (Å²) in [5.74, 6) is -0.622. The van der Waals surface area contributed by atoms with Gasteiger partial charge in [-0.15, -0.1) is 0 Å². The topological polar surface area (TPSA) is 81.2 Å². The van der Waals surface area contributed by atoms with E-state index in [1.807, 2.05) is 6.92 Å². The molecule has 2 aromatic heterocycles. The summed E-state index contributed by atoms with van der Waals surface area (Å²) in [6, 6.07) is 3.97. The zero-order valence-corrected chi connectivity index (χ0v) is 17.7. The van der Waals surface area contributed by atoms with Gasteiger partial charge in [0.1, 0.15) is 10.8 Å². The van der Waals surface area contributed by atoms with E-state index < -0.39 is 24.7 Å². The van der Waals surface area contributed by atoms with Gasteiger partial charge in [-0.25, -0.2) is 4.98 Å². The largest absolute Gasteiger partial charge is 0.467 e. The van der Waals surface area contributed by atoms with Gasteiger partial charge in [0, 0.05) is 35.5 Å². The van der Waals surface area contributed by atoms with Gasteiger partial charge in [0.15, 0.2) is 6.61 Å². The molecule has 3 rings (SSSR count). The molecule has 0 saturated heterocycles. The SMILES string of the molecule is CC(NC(=O)c1ccnc(CC(=O)C2(C)CC2)c1)c1cnc(OCC(F)(F)F)c(Cl)c1. The summed E-state index contributed by atoms with van der Waals surface area (Å²) in [6.07, 6.45) is 0.180. The van der Waals surface area contributed by atoms with Crippen LogP contribution in [-0.4, -0.2) is 34.4 Å². The first-order chi connectivity index (χ1) is 14.5. The molecule has 2 aromatic rings. The van der Waals surface area contributed by atoms with E-state index in [0.29, 0.717) is 16.8 Å². The first kappa shape index (κ1) is 23.0. The molecule has 166 valence electrons. The summed E-state index contributed by atoms with van der Waals surface area (Å²) >= 11 is 5.96. The minimum Gasteiger partial charge on any atom is -0.467 e. The Bertz CT molecular complexity index is 993. The Morgan fingerprint density at radius 1 is 1.29 bits per heavy atom. The number of carbonyl (C=O) groups is 2. The van der Waals surface area contributed by atoms with Crippen molar-refractivity contribution in [3.05, 3.63) is 52.4 Å². The third-order valence-electron chi connectivity index (χ3n) is 5.14. The van der Waals surface area contributed by atoms with Crippen LogP contribution in [0.15, 0.2) is 30.6 Å². The Labute approximate surface area is 182 Å². The van der Waals surface area contributed by atoms with Crippen molar-refractivity contribution in [3.63, 3.8) is 0 Å². The van der Waals surface area contributed by atoms with E-state index in [1.165, 1.54) is 24.5 Å². The smallest absolute Gasteiger partial charge is 0.422 e. The molecule has 0 radical (unpaired) electrons. The molecule has 0 aliphatic heterocycles. The molecule has 6 nitrogen and oxygen atoms in total. The van der Waals surface area contributed by atoms with Crippen molar-refractivity contribution < 1.29 is 27.5 Å². The van der Waals surface area contributed by atoms with Crippen molar-refractivity contribution in [1.82, 2.24) is 15.3 Å². The number of pyridine rings is 2. The zero-order valence-electron chi connectivity index (χ0n) is 16.9. The number of hydrogen-bond acceptors (Lipinski definition) is 5. The highest BCUT2D eigenvalue weighted by Gasteiger charge is 2.44. The monoisotopic (exact) mass is 455 g/mol. The molecule has 1 unspecified atom stereocenters. The van der Waals surface area contributed by atoms with Crippen LogP contribution < -0.4 is 10.1 Å². The number of rotatable bonds is 8. The van der Waals surface area contributed by atoms with Crippen LogP contribution in [0.4, 0.5) is 13.2 Å². The second kappa shape index (κ2) is 8.82. The lowest BCUT2D eigenvalue weighted by Gasteiger charge is -2.16. The first-order valence-corrected chi connectivity index (χ1v) is 9.99. The van der Waals surface area contributed by atoms with Crippen LogP contribution in [-0.2, 0) is 11.2 Å². The predicted molar refractivity (Wildman–Crippen MR) is 107 cm³/mol. The average Bonchev–Trinajstić information content (AvgIpc) is 3.45. The average molecular weight is 456 g/mol. The lowest BCUT2D eigenvalue weighted by Crippen LogP contribution is -2.27. The number of Topliss-reactive ketones (excluding diaryl/α,β-unsaturated/α-hetero) is 1. The Morgan fingerprint density at radius 2 is 2.00 bits per heavy atom. The number of hydrogen-bond donors (Lipinski definition) is 1. The quantitative estimate of drug-likeness (QED) is 0.635. The van der Waals surface area contributed by atoms with E-state index in [1.54, 1.807) is 13.0 Å². The van der Waals surface area contributed by atoms with Crippen molar-refractivity contribution in [1.29, 1.82) is 0 Å². The van der Waals surface area contributed by atoms with Crippen LogP contribution in [0, 0.1) is 5.41 Å². The zero-order chi connectivity index (χ0) is 22.8. The predicted octanol–water partition coefficient (Wildman–Crippen LogP) is 4.47. The fraction of sp³-hybridized carbons (Fsp3) is 0.429. The van der Waals surface area contributed by atoms with Crippen molar-refractivity contribution in [2.45, 2.75) is 45.3 Å². The Morgan fingerprint density at radius 3 is 2.61 bits per heavy atom. The molecule has 10 heteroatoms. The molecule has 0 aromatic carbocycles. The number of nitrogens with one attached hydrogen (secondary N) is 1. The number of nitrogens with zero attached hydrogens (tertiary/aromatic N) is 2. The molecule has 0 bridgehead atoms. The highest BCUT2D eigenvalue weighted by Crippen LogP contribution is 2.46. The second-order valence-corrected chi connectivity index (χ2v) is 8.26. The van der Waals surface area contributed by atoms with Gasteiger partial charge in [-0.05, 0) is 43.5 Å². The lowest BCUT2D eigenvalue weighted by molar-refractivity contribution is -0.154. The lowest BCUT2D eigenvalue weighted by atomic mass is 9.99. The molecule has 1 amide bonds.